The Hall–Kier alpha value is -0.660. The van der Waals surface area contributed by atoms with Gasteiger partial charge in [0.1, 0.15) is 10.0 Å². The Labute approximate surface area is 135 Å². The van der Waals surface area contributed by atoms with Crippen LogP contribution in [0.2, 0.25) is 10.2 Å². The summed E-state index contributed by atoms with van der Waals surface area (Å²) in [6.45, 7) is 0.176. The molecule has 0 fully saturated rings. The van der Waals surface area contributed by atoms with Crippen LogP contribution in [0.4, 0.5) is 0 Å². The van der Waals surface area contributed by atoms with Crippen LogP contribution in [-0.4, -0.2) is 13.4 Å². The molecular formula is C12H9BrCl2N2O2S. The van der Waals surface area contributed by atoms with E-state index in [4.69, 9.17) is 23.2 Å². The van der Waals surface area contributed by atoms with E-state index >= 15 is 0 Å². The summed E-state index contributed by atoms with van der Waals surface area (Å²) in [6, 6.07) is 8.58. The lowest BCUT2D eigenvalue weighted by Gasteiger charge is -2.07. The maximum Gasteiger partial charge on any atom is 0.242 e. The monoisotopic (exact) mass is 394 g/mol. The van der Waals surface area contributed by atoms with Crippen LogP contribution in [0.15, 0.2) is 45.9 Å². The Kier molecular flexibility index (Phi) is 5.04. The van der Waals surface area contributed by atoms with Gasteiger partial charge in [0.05, 0.1) is 5.02 Å². The van der Waals surface area contributed by atoms with Gasteiger partial charge in [-0.3, -0.25) is 0 Å². The SMILES string of the molecule is O=S(=O)(NCc1ccc(Br)cc1)c1cnc(Cl)c(Cl)c1. The highest BCUT2D eigenvalue weighted by Crippen LogP contribution is 2.22. The topological polar surface area (TPSA) is 59.1 Å². The standard InChI is InChI=1S/C12H9BrCl2N2O2S/c13-9-3-1-8(2-4-9)6-17-20(18,19)10-5-11(14)12(15)16-7-10/h1-5,7,17H,6H2. The number of hydrogen-bond donors (Lipinski definition) is 1. The predicted molar refractivity (Wildman–Crippen MR) is 82.4 cm³/mol. The minimum Gasteiger partial charge on any atom is -0.242 e. The van der Waals surface area contributed by atoms with Gasteiger partial charge in [0.2, 0.25) is 10.0 Å². The molecule has 1 aromatic heterocycles. The van der Waals surface area contributed by atoms with Crippen molar-refractivity contribution in [3.8, 4) is 0 Å². The van der Waals surface area contributed by atoms with Crippen molar-refractivity contribution in [2.75, 3.05) is 0 Å². The summed E-state index contributed by atoms with van der Waals surface area (Å²) in [6.07, 6.45) is 1.16. The Morgan fingerprint density at radius 2 is 1.85 bits per heavy atom. The van der Waals surface area contributed by atoms with Crippen LogP contribution in [0.1, 0.15) is 5.56 Å². The van der Waals surface area contributed by atoms with Gasteiger partial charge in [0.15, 0.2) is 0 Å². The molecule has 0 bridgehead atoms. The van der Waals surface area contributed by atoms with Crippen molar-refractivity contribution in [3.05, 3.63) is 56.7 Å². The molecule has 0 saturated carbocycles. The van der Waals surface area contributed by atoms with Crippen LogP contribution in [0.3, 0.4) is 0 Å². The quantitative estimate of drug-likeness (QED) is 0.804. The first-order valence-electron chi connectivity index (χ1n) is 5.43. The molecule has 4 nitrogen and oxygen atoms in total. The van der Waals surface area contributed by atoms with E-state index in [0.29, 0.717) is 0 Å². The van der Waals surface area contributed by atoms with E-state index in [1.807, 2.05) is 24.3 Å². The van der Waals surface area contributed by atoms with Gasteiger partial charge in [-0.15, -0.1) is 0 Å². The second kappa shape index (κ2) is 6.41. The normalized spacial score (nSPS) is 11.6. The zero-order valence-electron chi connectivity index (χ0n) is 9.98. The van der Waals surface area contributed by atoms with Crippen molar-refractivity contribution in [2.45, 2.75) is 11.4 Å². The van der Waals surface area contributed by atoms with Crippen molar-refractivity contribution in [1.82, 2.24) is 9.71 Å². The van der Waals surface area contributed by atoms with Crippen molar-refractivity contribution in [1.29, 1.82) is 0 Å². The number of rotatable bonds is 4. The molecule has 0 aliphatic heterocycles. The molecule has 1 aromatic carbocycles. The molecule has 2 rings (SSSR count). The number of pyridine rings is 1. The molecule has 0 amide bonds. The average molecular weight is 396 g/mol. The van der Waals surface area contributed by atoms with Crippen LogP contribution in [-0.2, 0) is 16.6 Å². The zero-order valence-corrected chi connectivity index (χ0v) is 13.9. The minimum atomic E-state index is -3.68. The van der Waals surface area contributed by atoms with Gasteiger partial charge < -0.3 is 0 Å². The third kappa shape index (κ3) is 3.93. The molecule has 0 aliphatic carbocycles. The second-order valence-corrected chi connectivity index (χ2v) is 7.34. The molecular weight excluding hydrogens is 387 g/mol. The second-order valence-electron chi connectivity index (χ2n) is 3.89. The largest absolute Gasteiger partial charge is 0.242 e. The highest BCUT2D eigenvalue weighted by atomic mass is 79.9. The molecule has 8 heteroatoms. The number of halogens is 3. The van der Waals surface area contributed by atoms with E-state index < -0.39 is 10.0 Å². The van der Waals surface area contributed by atoms with Gasteiger partial charge in [-0.25, -0.2) is 18.1 Å². The van der Waals surface area contributed by atoms with Gasteiger partial charge in [0, 0.05) is 17.2 Å². The molecule has 20 heavy (non-hydrogen) atoms. The van der Waals surface area contributed by atoms with Crippen LogP contribution in [0.25, 0.3) is 0 Å². The molecule has 0 spiro atoms. The van der Waals surface area contributed by atoms with Gasteiger partial charge in [0.25, 0.3) is 0 Å². The molecule has 106 valence electrons. The van der Waals surface area contributed by atoms with E-state index in [-0.39, 0.29) is 21.6 Å². The molecule has 0 atom stereocenters. The Balaban J connectivity index is 2.14. The summed E-state index contributed by atoms with van der Waals surface area (Å²) in [5, 5.41) is 0.164. The van der Waals surface area contributed by atoms with Gasteiger partial charge in [-0.2, -0.15) is 0 Å². The van der Waals surface area contributed by atoms with Gasteiger partial charge >= 0.3 is 0 Å². The van der Waals surface area contributed by atoms with Crippen molar-refractivity contribution >= 4 is 49.2 Å². The number of sulfonamides is 1. The molecule has 2 aromatic rings. The van der Waals surface area contributed by atoms with Crippen LogP contribution >= 0.6 is 39.1 Å². The number of benzene rings is 1. The van der Waals surface area contributed by atoms with Gasteiger partial charge in [-0.05, 0) is 23.8 Å². The fourth-order valence-corrected chi connectivity index (χ4v) is 3.00. The first kappa shape index (κ1) is 15.7. The smallest absolute Gasteiger partial charge is 0.242 e. The first-order valence-corrected chi connectivity index (χ1v) is 8.47. The number of hydrogen-bond acceptors (Lipinski definition) is 3. The lowest BCUT2D eigenvalue weighted by atomic mass is 10.2. The van der Waals surface area contributed by atoms with E-state index in [9.17, 15) is 8.42 Å². The van der Waals surface area contributed by atoms with E-state index in [1.54, 1.807) is 0 Å². The minimum absolute atomic E-state index is 0.0241. The highest BCUT2D eigenvalue weighted by Gasteiger charge is 2.15. The van der Waals surface area contributed by atoms with E-state index in [1.165, 1.54) is 6.07 Å². The number of aromatic nitrogens is 1. The zero-order chi connectivity index (χ0) is 14.8. The average Bonchev–Trinajstić information content (AvgIpc) is 2.41. The van der Waals surface area contributed by atoms with E-state index in [2.05, 4.69) is 25.6 Å². The van der Waals surface area contributed by atoms with Crippen molar-refractivity contribution < 1.29 is 8.42 Å². The maximum absolute atomic E-state index is 12.1. The Bertz CT molecular complexity index is 721. The summed E-state index contributed by atoms with van der Waals surface area (Å²) in [7, 11) is -3.68. The van der Waals surface area contributed by atoms with Crippen LogP contribution in [0, 0.1) is 0 Å². The summed E-state index contributed by atoms with van der Waals surface area (Å²) in [5.74, 6) is 0. The Morgan fingerprint density at radius 3 is 2.45 bits per heavy atom. The number of nitrogens with zero attached hydrogens (tertiary/aromatic N) is 1. The maximum atomic E-state index is 12.1. The molecule has 0 saturated heterocycles. The third-order valence-electron chi connectivity index (χ3n) is 2.46. The van der Waals surface area contributed by atoms with E-state index in [0.717, 1.165) is 16.2 Å². The van der Waals surface area contributed by atoms with Crippen molar-refractivity contribution in [3.63, 3.8) is 0 Å². The summed E-state index contributed by atoms with van der Waals surface area (Å²) >= 11 is 14.7. The van der Waals surface area contributed by atoms with Gasteiger partial charge in [-0.1, -0.05) is 51.3 Å². The lowest BCUT2D eigenvalue weighted by Crippen LogP contribution is -2.23. The van der Waals surface area contributed by atoms with Crippen LogP contribution < -0.4 is 4.72 Å². The Morgan fingerprint density at radius 1 is 1.20 bits per heavy atom. The molecule has 1 N–H and O–H groups in total. The summed E-state index contributed by atoms with van der Waals surface area (Å²) in [5.41, 5.74) is 0.838. The lowest BCUT2D eigenvalue weighted by molar-refractivity contribution is 0.581. The molecule has 1 heterocycles. The fourth-order valence-electron chi connectivity index (χ4n) is 1.41. The fraction of sp³-hybridized carbons (Fsp3) is 0.0833. The number of nitrogens with one attached hydrogen (secondary N) is 1. The van der Waals surface area contributed by atoms with Crippen molar-refractivity contribution in [2.24, 2.45) is 0 Å². The summed E-state index contributed by atoms with van der Waals surface area (Å²) < 4.78 is 27.5. The predicted octanol–water partition coefficient (Wildman–Crippen LogP) is 3.63. The molecule has 0 unspecified atom stereocenters. The molecule has 0 radical (unpaired) electrons. The molecule has 0 aliphatic rings. The van der Waals surface area contributed by atoms with Crippen LogP contribution in [0.5, 0.6) is 0 Å². The highest BCUT2D eigenvalue weighted by molar-refractivity contribution is 9.10. The first-order chi connectivity index (χ1) is 9.38. The third-order valence-corrected chi connectivity index (χ3v) is 5.04. The summed E-state index contributed by atoms with van der Waals surface area (Å²) in [4.78, 5) is 3.70.